The zero-order chi connectivity index (χ0) is 58.6. The maximum Gasteiger partial charge on any atom is 0.307 e. The number of ketones is 3. The van der Waals surface area contributed by atoms with Gasteiger partial charge in [0, 0.05) is 91.1 Å². The van der Waals surface area contributed by atoms with Gasteiger partial charge in [-0.3, -0.25) is 57.7 Å². The molecule has 3 rings (SSSR count). The van der Waals surface area contributed by atoms with E-state index in [-0.39, 0.29) is 123 Å². The molecule has 0 bridgehead atoms. The summed E-state index contributed by atoms with van der Waals surface area (Å²) in [5.74, 6) is -3.11. The zero-order valence-corrected chi connectivity index (χ0v) is 48.8. The number of primary amides is 1. The molecule has 0 saturated carbocycles. The highest BCUT2D eigenvalue weighted by atomic mass is 32.2. The van der Waals surface area contributed by atoms with Crippen LogP contribution in [0.2, 0.25) is 0 Å². The number of imide groups is 1. The number of nitrogens with two attached hydrogens (primary N) is 2. The van der Waals surface area contributed by atoms with Crippen molar-refractivity contribution in [2.75, 3.05) is 53.8 Å². The molecule has 2 unspecified atom stereocenters. The lowest BCUT2D eigenvalue weighted by Gasteiger charge is -2.41. The summed E-state index contributed by atoms with van der Waals surface area (Å²) in [6.45, 7) is 13.4. The summed E-state index contributed by atoms with van der Waals surface area (Å²) in [5.41, 5.74) is 6.28. The molecule has 2 aliphatic heterocycles. The SMILES string of the molecule is CC[C@H](C)[C@@H]([C@@H](CC(=O)N1CCC[C@H]1[C@H](OC)[C@@H](C)C(=O)C[C@H](Cc1ccccc1)C(=O)O)OC)N(C)C(=O)[C@H](CC(=O)[C@H](C(C)C)N(C)C(=O)CCCCCN1C(=O)CC(SCC(CC(=O)CON)C(N)=O)C1=O)C(C)C. The van der Waals surface area contributed by atoms with Crippen LogP contribution < -0.4 is 11.6 Å². The van der Waals surface area contributed by atoms with Crippen molar-refractivity contribution >= 4 is 70.5 Å². The number of unbranched alkanes of at least 4 members (excludes halogenated alkanes) is 2. The number of rotatable bonds is 37. The van der Waals surface area contributed by atoms with Crippen LogP contribution in [0.15, 0.2) is 30.3 Å². The number of methoxy groups -OCH3 is 2. The van der Waals surface area contributed by atoms with Gasteiger partial charge in [-0.05, 0) is 55.4 Å². The van der Waals surface area contributed by atoms with E-state index in [2.05, 4.69) is 4.84 Å². The number of Topliss-reactive ketones (excluding diaryl/α,β-unsaturated/α-hetero) is 3. The maximum atomic E-state index is 14.8. The van der Waals surface area contributed by atoms with Crippen LogP contribution >= 0.6 is 11.8 Å². The Labute approximate surface area is 466 Å². The first-order valence-electron chi connectivity index (χ1n) is 27.6. The van der Waals surface area contributed by atoms with E-state index in [9.17, 15) is 53.1 Å². The third-order valence-electron chi connectivity index (χ3n) is 15.9. The molecule has 2 aliphatic rings. The molecular weight excluding hydrogens is 1020 g/mol. The minimum atomic E-state index is -1.06. The Hall–Kier alpha value is -5.09. The minimum Gasteiger partial charge on any atom is -0.481 e. The van der Waals surface area contributed by atoms with Crippen molar-refractivity contribution in [3.8, 4) is 0 Å². The van der Waals surface area contributed by atoms with Gasteiger partial charge in [-0.15, -0.1) is 11.8 Å². The first-order valence-corrected chi connectivity index (χ1v) is 28.7. The van der Waals surface area contributed by atoms with Gasteiger partial charge in [0.1, 0.15) is 12.4 Å². The fourth-order valence-electron chi connectivity index (χ4n) is 11.1. The number of carboxylic acid groups (broad SMARTS) is 1. The molecule has 21 heteroatoms. The second kappa shape index (κ2) is 32.9. The van der Waals surface area contributed by atoms with Gasteiger partial charge in [0.05, 0.1) is 53.8 Å². The van der Waals surface area contributed by atoms with Gasteiger partial charge < -0.3 is 35.0 Å². The summed E-state index contributed by atoms with van der Waals surface area (Å²) in [4.78, 5) is 143. The quantitative estimate of drug-likeness (QED) is 0.0454. The first-order chi connectivity index (χ1) is 36.8. The van der Waals surface area contributed by atoms with Crippen molar-refractivity contribution in [1.82, 2.24) is 19.6 Å². The van der Waals surface area contributed by atoms with E-state index in [4.69, 9.17) is 21.1 Å². The third-order valence-corrected chi connectivity index (χ3v) is 17.2. The lowest BCUT2D eigenvalue weighted by atomic mass is 9.83. The maximum absolute atomic E-state index is 14.8. The fraction of sp³-hybridized carbons (Fsp3) is 0.719. The lowest BCUT2D eigenvalue weighted by Crippen LogP contribution is -2.54. The molecule has 6 amide bonds. The van der Waals surface area contributed by atoms with Gasteiger partial charge >= 0.3 is 5.97 Å². The number of carbonyl (C=O) groups is 10. The number of carbonyl (C=O) groups excluding carboxylic acids is 9. The summed E-state index contributed by atoms with van der Waals surface area (Å²) < 4.78 is 12.0. The summed E-state index contributed by atoms with van der Waals surface area (Å²) >= 11 is 1.10. The van der Waals surface area contributed by atoms with Crippen molar-refractivity contribution in [3.05, 3.63) is 35.9 Å². The van der Waals surface area contributed by atoms with Gasteiger partial charge in [0.2, 0.25) is 35.4 Å². The molecule has 0 aliphatic carbocycles. The summed E-state index contributed by atoms with van der Waals surface area (Å²) in [7, 11) is 6.28. The van der Waals surface area contributed by atoms with Crippen LogP contribution in [0.3, 0.4) is 0 Å². The van der Waals surface area contributed by atoms with Crippen LogP contribution in [-0.2, 0) is 68.7 Å². The third kappa shape index (κ3) is 19.0. The highest BCUT2D eigenvalue weighted by Gasteiger charge is 2.44. The Balaban J connectivity index is 1.64. The van der Waals surface area contributed by atoms with Gasteiger partial charge in [-0.25, -0.2) is 5.90 Å². The standard InChI is InChI=1S/C57H90N6O14S/c1-12-36(6)52(46(75-10)30-49(68)62-25-19-22-43(62)53(76-11)37(7)44(65)28-39(57(73)74)26-38-20-15-13-16-21-38)61(9)55(71)42(34(2)3)29-45(66)51(35(4)5)60(8)48(67)23-17-14-18-24-63-50(69)31-47(56(63)72)78-33-40(54(58)70)27-41(64)32-77-59/h13,15-16,20-21,34-37,39-40,42-43,46-47,51-53H,12,14,17-19,22-33,59H2,1-11H3,(H2,58,70)(H,73,74)/t36-,37-,39-,40?,42+,43-,46+,47?,51-,52-,53+/m0/s1. The molecule has 0 spiro atoms. The Morgan fingerprint density at radius 2 is 1.50 bits per heavy atom. The first kappa shape index (κ1) is 67.2. The second-order valence-corrected chi connectivity index (χ2v) is 23.3. The number of likely N-dealkylation sites (tertiary alicyclic amines) is 2. The molecule has 0 radical (unpaired) electrons. The topological polar surface area (TPSA) is 284 Å². The molecule has 1 aromatic rings. The predicted octanol–water partition coefficient (Wildman–Crippen LogP) is 4.90. The summed E-state index contributed by atoms with van der Waals surface area (Å²) in [6, 6.07) is 7.32. The summed E-state index contributed by atoms with van der Waals surface area (Å²) in [6.07, 6.45) is 1.56. The molecule has 11 atom stereocenters. The van der Waals surface area contributed by atoms with Crippen LogP contribution in [0, 0.1) is 41.4 Å². The summed E-state index contributed by atoms with van der Waals surface area (Å²) in [5, 5.41) is 9.32. The number of hydrogen-bond acceptors (Lipinski definition) is 15. The van der Waals surface area contributed by atoms with Crippen molar-refractivity contribution in [2.45, 2.75) is 168 Å². The molecule has 1 aromatic carbocycles. The van der Waals surface area contributed by atoms with E-state index in [1.54, 1.807) is 30.8 Å². The fourth-order valence-corrected chi connectivity index (χ4v) is 12.4. The number of hydrogen-bond donors (Lipinski definition) is 3. The Morgan fingerprint density at radius 1 is 0.833 bits per heavy atom. The molecule has 0 aromatic heterocycles. The average Bonchev–Trinajstić information content (AvgIpc) is 3.98. The largest absolute Gasteiger partial charge is 0.481 e. The number of ether oxygens (including phenoxy) is 2. The normalized spacial score (nSPS) is 19.2. The van der Waals surface area contributed by atoms with E-state index >= 15 is 0 Å². The van der Waals surface area contributed by atoms with E-state index in [1.807, 2.05) is 71.9 Å². The van der Waals surface area contributed by atoms with Crippen molar-refractivity contribution in [2.24, 2.45) is 53.1 Å². The molecule has 2 heterocycles. The Bertz CT molecular complexity index is 2200. The number of carboxylic acids is 1. The lowest BCUT2D eigenvalue weighted by molar-refractivity contribution is -0.150. The van der Waals surface area contributed by atoms with E-state index in [0.29, 0.717) is 45.1 Å². The Kier molecular flexibility index (Phi) is 28.3. The Morgan fingerprint density at radius 3 is 2.06 bits per heavy atom. The van der Waals surface area contributed by atoms with E-state index in [0.717, 1.165) is 17.3 Å². The molecule has 20 nitrogen and oxygen atoms in total. The number of aliphatic carboxylic acids is 1. The van der Waals surface area contributed by atoms with Crippen LogP contribution in [-0.4, -0.2) is 173 Å². The predicted molar refractivity (Wildman–Crippen MR) is 295 cm³/mol. The molecule has 438 valence electrons. The van der Waals surface area contributed by atoms with Gasteiger partial charge in [0.25, 0.3) is 0 Å². The van der Waals surface area contributed by atoms with Gasteiger partial charge in [-0.1, -0.05) is 91.6 Å². The van der Waals surface area contributed by atoms with E-state index in [1.165, 1.54) is 24.0 Å². The molecule has 78 heavy (non-hydrogen) atoms. The van der Waals surface area contributed by atoms with Gasteiger partial charge in [0.15, 0.2) is 11.6 Å². The van der Waals surface area contributed by atoms with Gasteiger partial charge in [-0.2, -0.15) is 0 Å². The van der Waals surface area contributed by atoms with Crippen molar-refractivity contribution in [1.29, 1.82) is 0 Å². The number of benzene rings is 1. The zero-order valence-electron chi connectivity index (χ0n) is 48.0. The van der Waals surface area contributed by atoms with E-state index < -0.39 is 76.9 Å². The monoisotopic (exact) mass is 1110 g/mol. The number of amides is 6. The van der Waals surface area contributed by atoms with Crippen LogP contribution in [0.25, 0.3) is 0 Å². The minimum absolute atomic E-state index is 0.0468. The number of likely N-dealkylation sites (N-methyl/N-ethyl adjacent to an activating group) is 2. The smallest absolute Gasteiger partial charge is 0.307 e. The molecule has 2 fully saturated rings. The second-order valence-electron chi connectivity index (χ2n) is 22.1. The molecule has 2 saturated heterocycles. The highest BCUT2D eigenvalue weighted by Crippen LogP contribution is 2.33. The molecule has 5 N–H and O–H groups in total. The van der Waals surface area contributed by atoms with Crippen molar-refractivity contribution < 1.29 is 67.4 Å². The molecular formula is C57H90N6O14S. The average molecular weight is 1120 g/mol. The highest BCUT2D eigenvalue weighted by molar-refractivity contribution is 8.00. The number of nitrogens with zero attached hydrogens (tertiary/aromatic N) is 4. The van der Waals surface area contributed by atoms with Crippen LogP contribution in [0.4, 0.5) is 0 Å². The van der Waals surface area contributed by atoms with Crippen molar-refractivity contribution in [3.63, 3.8) is 0 Å². The van der Waals surface area contributed by atoms with Crippen LogP contribution in [0.5, 0.6) is 0 Å². The van der Waals surface area contributed by atoms with Crippen LogP contribution in [0.1, 0.15) is 131 Å². The number of thioether (sulfide) groups is 1.